The lowest BCUT2D eigenvalue weighted by molar-refractivity contribution is -0.150. The van der Waals surface area contributed by atoms with Gasteiger partial charge < -0.3 is 10.1 Å². The lowest BCUT2D eigenvalue weighted by Gasteiger charge is -2.17. The van der Waals surface area contributed by atoms with Crippen molar-refractivity contribution in [3.8, 4) is 0 Å². The summed E-state index contributed by atoms with van der Waals surface area (Å²) in [5.74, 6) is -2.38. The molecule has 1 saturated heterocycles. The highest BCUT2D eigenvalue weighted by Crippen LogP contribution is 2.53. The predicted molar refractivity (Wildman–Crippen MR) is 53.1 cm³/mol. The Bertz CT molecular complexity index is 333. The van der Waals surface area contributed by atoms with Crippen LogP contribution in [0.25, 0.3) is 0 Å². The van der Waals surface area contributed by atoms with Crippen LogP contribution in [-0.2, 0) is 19.1 Å². The number of hydrogen-bond donors (Lipinski definition) is 1. The first-order valence-electron chi connectivity index (χ1n) is 5.21. The monoisotopic (exact) mass is 226 g/mol. The van der Waals surface area contributed by atoms with Crippen LogP contribution in [0.2, 0.25) is 0 Å². The maximum absolute atomic E-state index is 11.8. The minimum Gasteiger partial charge on any atom is -0.469 e. The molecule has 0 bridgehead atoms. The van der Waals surface area contributed by atoms with Gasteiger partial charge in [-0.1, -0.05) is 0 Å². The highest BCUT2D eigenvalue weighted by molar-refractivity contribution is 6.13. The van der Waals surface area contributed by atoms with Crippen molar-refractivity contribution in [3.63, 3.8) is 0 Å². The van der Waals surface area contributed by atoms with Gasteiger partial charge in [-0.3, -0.25) is 19.3 Å². The van der Waals surface area contributed by atoms with Crippen molar-refractivity contribution in [2.45, 2.75) is 0 Å². The van der Waals surface area contributed by atoms with Gasteiger partial charge in [0.2, 0.25) is 11.8 Å². The summed E-state index contributed by atoms with van der Waals surface area (Å²) in [5, 5.41) is 2.87. The molecule has 88 valence electrons. The topological polar surface area (TPSA) is 75.7 Å². The summed E-state index contributed by atoms with van der Waals surface area (Å²) in [4.78, 5) is 36.0. The van der Waals surface area contributed by atoms with Gasteiger partial charge in [-0.2, -0.15) is 0 Å². The average Bonchev–Trinajstić information content (AvgIpc) is 2.97. The van der Waals surface area contributed by atoms with Crippen LogP contribution in [0, 0.1) is 17.8 Å². The number of piperidine rings is 1. The van der Waals surface area contributed by atoms with E-state index >= 15 is 0 Å². The average molecular weight is 226 g/mol. The number of rotatable bonds is 4. The minimum atomic E-state index is -0.532. The number of carbonyl (C=O) groups excluding carboxylic acids is 3. The van der Waals surface area contributed by atoms with Crippen molar-refractivity contribution < 1.29 is 19.1 Å². The molecule has 2 aliphatic rings. The molecule has 16 heavy (non-hydrogen) atoms. The van der Waals surface area contributed by atoms with Gasteiger partial charge in [-0.05, 0) is 7.05 Å². The number of likely N-dealkylation sites (tertiary alicyclic amines) is 1. The van der Waals surface area contributed by atoms with Crippen molar-refractivity contribution in [2.24, 2.45) is 17.8 Å². The third kappa shape index (κ3) is 1.41. The van der Waals surface area contributed by atoms with E-state index in [1.54, 1.807) is 7.05 Å². The number of nitrogens with zero attached hydrogens (tertiary/aromatic N) is 1. The summed E-state index contributed by atoms with van der Waals surface area (Å²) in [6.07, 6.45) is 0. The van der Waals surface area contributed by atoms with Crippen LogP contribution in [-0.4, -0.2) is 49.9 Å². The molecule has 1 N–H and O–H groups in total. The van der Waals surface area contributed by atoms with E-state index in [0.717, 1.165) is 0 Å². The zero-order valence-electron chi connectivity index (χ0n) is 9.23. The number of ether oxygens (including phenoxy) is 1. The molecule has 2 amide bonds. The Hall–Kier alpha value is -1.43. The molecule has 2 atom stereocenters. The highest BCUT2D eigenvalue weighted by atomic mass is 16.5. The van der Waals surface area contributed by atoms with Gasteiger partial charge in [0.15, 0.2) is 0 Å². The normalized spacial score (nSPS) is 31.6. The number of nitrogens with one attached hydrogen (secondary N) is 1. The molecule has 0 aromatic carbocycles. The molecule has 1 aliphatic carbocycles. The summed E-state index contributed by atoms with van der Waals surface area (Å²) >= 11 is 0. The fraction of sp³-hybridized carbons (Fsp3) is 0.700. The van der Waals surface area contributed by atoms with Gasteiger partial charge in [0.05, 0.1) is 24.9 Å². The number of methoxy groups -OCH3 is 1. The summed E-state index contributed by atoms with van der Waals surface area (Å²) in [6, 6.07) is 0. The van der Waals surface area contributed by atoms with Crippen LogP contribution in [0.3, 0.4) is 0 Å². The Balaban J connectivity index is 2.02. The molecule has 6 nitrogen and oxygen atoms in total. The maximum Gasteiger partial charge on any atom is 0.310 e. The van der Waals surface area contributed by atoms with Gasteiger partial charge in [0.1, 0.15) is 0 Å². The maximum atomic E-state index is 11.8. The molecule has 2 fully saturated rings. The number of fused-ring (bicyclic) bond motifs is 1. The highest BCUT2D eigenvalue weighted by Gasteiger charge is 2.70. The molecule has 2 unspecified atom stereocenters. The van der Waals surface area contributed by atoms with E-state index in [9.17, 15) is 14.4 Å². The second-order valence-electron chi connectivity index (χ2n) is 4.03. The Kier molecular flexibility index (Phi) is 2.67. The van der Waals surface area contributed by atoms with Gasteiger partial charge in [0.25, 0.3) is 0 Å². The summed E-state index contributed by atoms with van der Waals surface area (Å²) in [7, 11) is 3.02. The van der Waals surface area contributed by atoms with Crippen LogP contribution < -0.4 is 5.32 Å². The minimum absolute atomic E-state index is 0.236. The third-order valence-corrected chi connectivity index (χ3v) is 3.18. The Morgan fingerprint density at radius 3 is 2.38 bits per heavy atom. The zero-order valence-corrected chi connectivity index (χ0v) is 9.23. The van der Waals surface area contributed by atoms with Crippen LogP contribution in [0.5, 0.6) is 0 Å². The molecule has 6 heteroatoms. The predicted octanol–water partition coefficient (Wildman–Crippen LogP) is -1.39. The Morgan fingerprint density at radius 2 is 1.94 bits per heavy atom. The Morgan fingerprint density at radius 1 is 1.38 bits per heavy atom. The molecular formula is C10H14N2O4. The van der Waals surface area contributed by atoms with E-state index in [4.69, 9.17) is 0 Å². The van der Waals surface area contributed by atoms with Crippen LogP contribution in [0.4, 0.5) is 0 Å². The standard InChI is InChI=1S/C10H14N2O4/c1-11-3-4-12-8(13)5-6(9(12)14)7(5)10(15)16-2/h5-7,11H,3-4H2,1-2H3. The third-order valence-electron chi connectivity index (χ3n) is 3.18. The molecule has 1 saturated carbocycles. The van der Waals surface area contributed by atoms with E-state index in [1.165, 1.54) is 12.0 Å². The van der Waals surface area contributed by atoms with Gasteiger partial charge in [-0.15, -0.1) is 0 Å². The number of esters is 1. The van der Waals surface area contributed by atoms with Crippen molar-refractivity contribution in [1.29, 1.82) is 0 Å². The number of carbonyl (C=O) groups is 3. The van der Waals surface area contributed by atoms with Gasteiger partial charge in [-0.25, -0.2) is 0 Å². The first kappa shape index (κ1) is 11.1. The van der Waals surface area contributed by atoms with E-state index in [-0.39, 0.29) is 11.8 Å². The number of amides is 2. The fourth-order valence-electron chi connectivity index (χ4n) is 2.27. The van der Waals surface area contributed by atoms with E-state index in [2.05, 4.69) is 10.1 Å². The fourth-order valence-corrected chi connectivity index (χ4v) is 2.27. The van der Waals surface area contributed by atoms with Crippen LogP contribution in [0.15, 0.2) is 0 Å². The molecule has 0 radical (unpaired) electrons. The van der Waals surface area contributed by atoms with Gasteiger partial charge >= 0.3 is 5.97 Å². The summed E-state index contributed by atoms with van der Waals surface area (Å²) < 4.78 is 4.55. The van der Waals surface area contributed by atoms with Crippen LogP contribution in [0.1, 0.15) is 0 Å². The second kappa shape index (κ2) is 3.86. The zero-order chi connectivity index (χ0) is 11.9. The van der Waals surface area contributed by atoms with Crippen molar-refractivity contribution >= 4 is 17.8 Å². The van der Waals surface area contributed by atoms with Crippen molar-refractivity contribution in [2.75, 3.05) is 27.2 Å². The molecule has 0 aromatic heterocycles. The molecule has 1 heterocycles. The van der Waals surface area contributed by atoms with E-state index in [1.807, 2.05) is 0 Å². The molecule has 0 spiro atoms. The SMILES string of the molecule is CNCCN1C(=O)C2C(C(=O)OC)C2C1=O. The Labute approximate surface area is 92.9 Å². The lowest BCUT2D eigenvalue weighted by Crippen LogP contribution is -2.39. The lowest BCUT2D eigenvalue weighted by atomic mass is 10.2. The van der Waals surface area contributed by atoms with E-state index in [0.29, 0.717) is 13.1 Å². The summed E-state index contributed by atoms with van der Waals surface area (Å²) in [6.45, 7) is 0.939. The molecule has 2 rings (SSSR count). The number of likely N-dealkylation sites (N-methyl/N-ethyl adjacent to an activating group) is 1. The van der Waals surface area contributed by atoms with Crippen molar-refractivity contribution in [3.05, 3.63) is 0 Å². The van der Waals surface area contributed by atoms with Crippen molar-refractivity contribution in [1.82, 2.24) is 10.2 Å². The number of hydrogen-bond acceptors (Lipinski definition) is 5. The van der Waals surface area contributed by atoms with E-state index < -0.39 is 23.7 Å². The quantitative estimate of drug-likeness (QED) is 0.472. The smallest absolute Gasteiger partial charge is 0.310 e. The largest absolute Gasteiger partial charge is 0.469 e. The van der Waals surface area contributed by atoms with Crippen LogP contribution >= 0.6 is 0 Å². The molecule has 1 aliphatic heterocycles. The molecular weight excluding hydrogens is 212 g/mol. The molecule has 0 aromatic rings. The first-order valence-corrected chi connectivity index (χ1v) is 5.21. The number of imide groups is 1. The van der Waals surface area contributed by atoms with Gasteiger partial charge in [0, 0.05) is 13.1 Å². The first-order chi connectivity index (χ1) is 7.63. The second-order valence-corrected chi connectivity index (χ2v) is 4.03. The summed E-state index contributed by atoms with van der Waals surface area (Å²) in [5.41, 5.74) is 0.